The summed E-state index contributed by atoms with van der Waals surface area (Å²) < 4.78 is 7.25. The third kappa shape index (κ3) is 3.40. The first-order valence-electron chi connectivity index (χ1n) is 7.41. The molecule has 0 saturated carbocycles. The fourth-order valence-corrected chi connectivity index (χ4v) is 2.25. The van der Waals surface area contributed by atoms with Gasteiger partial charge in [-0.1, -0.05) is 12.1 Å². The first kappa shape index (κ1) is 14.8. The Kier molecular flexibility index (Phi) is 4.38. The van der Waals surface area contributed by atoms with E-state index < -0.39 is 0 Å². The number of para-hydroxylation sites is 1. The second kappa shape index (κ2) is 6.79. The van der Waals surface area contributed by atoms with Crippen LogP contribution < -0.4 is 10.1 Å². The van der Waals surface area contributed by atoms with E-state index in [9.17, 15) is 4.79 Å². The Bertz CT molecular complexity index is 780. The molecule has 1 amide bonds. The average molecular weight is 307 g/mol. The van der Waals surface area contributed by atoms with Gasteiger partial charge in [-0.3, -0.25) is 4.79 Å². The number of aromatic nitrogens is 2. The van der Waals surface area contributed by atoms with Crippen LogP contribution in [0.2, 0.25) is 0 Å². The van der Waals surface area contributed by atoms with E-state index in [0.717, 1.165) is 11.4 Å². The fourth-order valence-electron chi connectivity index (χ4n) is 2.25. The Balaban J connectivity index is 1.75. The zero-order valence-electron chi connectivity index (χ0n) is 12.8. The molecule has 116 valence electrons. The molecule has 5 nitrogen and oxygen atoms in total. The number of benzene rings is 2. The van der Waals surface area contributed by atoms with Gasteiger partial charge >= 0.3 is 0 Å². The fraction of sp³-hybridized carbons (Fsp3) is 0.111. The minimum Gasteiger partial charge on any atom is -0.493 e. The molecule has 0 aliphatic heterocycles. The van der Waals surface area contributed by atoms with E-state index in [1.807, 2.05) is 55.6 Å². The van der Waals surface area contributed by atoms with Gasteiger partial charge in [0.05, 0.1) is 17.9 Å². The number of anilines is 1. The standard InChI is InChI=1S/C18H17N3O2/c1-2-23-17-7-4-3-6-16(17)18(22)20-14-8-10-15(11-9-14)21-13-5-12-19-21/h3-13H,2H2,1H3,(H,20,22). The minimum absolute atomic E-state index is 0.194. The van der Waals surface area contributed by atoms with Crippen LogP contribution in [0.25, 0.3) is 5.69 Å². The van der Waals surface area contributed by atoms with Crippen molar-refractivity contribution in [2.24, 2.45) is 0 Å². The van der Waals surface area contributed by atoms with Crippen molar-refractivity contribution in [2.75, 3.05) is 11.9 Å². The highest BCUT2D eigenvalue weighted by molar-refractivity contribution is 6.06. The number of carbonyl (C=O) groups excluding carboxylic acids is 1. The van der Waals surface area contributed by atoms with Crippen LogP contribution in [0.4, 0.5) is 5.69 Å². The van der Waals surface area contributed by atoms with E-state index >= 15 is 0 Å². The minimum atomic E-state index is -0.194. The molecule has 23 heavy (non-hydrogen) atoms. The maximum Gasteiger partial charge on any atom is 0.259 e. The van der Waals surface area contributed by atoms with Crippen LogP contribution in [0.3, 0.4) is 0 Å². The van der Waals surface area contributed by atoms with Crippen LogP contribution in [0.1, 0.15) is 17.3 Å². The van der Waals surface area contributed by atoms with Crippen molar-refractivity contribution in [1.82, 2.24) is 9.78 Å². The normalized spacial score (nSPS) is 10.3. The quantitative estimate of drug-likeness (QED) is 0.784. The molecule has 0 bridgehead atoms. The van der Waals surface area contributed by atoms with Crippen LogP contribution in [0, 0.1) is 0 Å². The zero-order valence-corrected chi connectivity index (χ0v) is 12.8. The Hall–Kier alpha value is -3.08. The molecule has 5 heteroatoms. The largest absolute Gasteiger partial charge is 0.493 e. The Morgan fingerprint density at radius 1 is 1.13 bits per heavy atom. The Labute approximate surface area is 134 Å². The van der Waals surface area contributed by atoms with E-state index in [0.29, 0.717) is 17.9 Å². The predicted octanol–water partition coefficient (Wildman–Crippen LogP) is 3.52. The van der Waals surface area contributed by atoms with Gasteiger partial charge in [-0.25, -0.2) is 4.68 Å². The van der Waals surface area contributed by atoms with Crippen molar-refractivity contribution in [3.8, 4) is 11.4 Å². The molecule has 0 unspecified atom stereocenters. The summed E-state index contributed by atoms with van der Waals surface area (Å²) in [5.74, 6) is 0.390. The molecule has 0 radical (unpaired) electrons. The van der Waals surface area contributed by atoms with Gasteiger partial charge in [0.25, 0.3) is 5.91 Å². The van der Waals surface area contributed by atoms with Crippen molar-refractivity contribution in [1.29, 1.82) is 0 Å². The van der Waals surface area contributed by atoms with E-state index in [1.54, 1.807) is 23.0 Å². The average Bonchev–Trinajstić information content (AvgIpc) is 3.11. The van der Waals surface area contributed by atoms with Gasteiger partial charge in [0.2, 0.25) is 0 Å². The number of hydrogen-bond donors (Lipinski definition) is 1. The molecular formula is C18H17N3O2. The van der Waals surface area contributed by atoms with Gasteiger partial charge < -0.3 is 10.1 Å². The molecular weight excluding hydrogens is 290 g/mol. The molecule has 1 N–H and O–H groups in total. The second-order valence-electron chi connectivity index (χ2n) is 4.88. The molecule has 0 atom stereocenters. The number of rotatable bonds is 5. The predicted molar refractivity (Wildman–Crippen MR) is 89.1 cm³/mol. The van der Waals surface area contributed by atoms with Gasteiger partial charge in [0, 0.05) is 18.1 Å². The summed E-state index contributed by atoms with van der Waals surface area (Å²) in [7, 11) is 0. The van der Waals surface area contributed by atoms with Gasteiger partial charge in [-0.15, -0.1) is 0 Å². The third-order valence-corrected chi connectivity index (χ3v) is 3.33. The maximum absolute atomic E-state index is 12.4. The lowest BCUT2D eigenvalue weighted by Gasteiger charge is -2.11. The lowest BCUT2D eigenvalue weighted by molar-refractivity contribution is 0.102. The lowest BCUT2D eigenvalue weighted by atomic mass is 10.2. The summed E-state index contributed by atoms with van der Waals surface area (Å²) >= 11 is 0. The van der Waals surface area contributed by atoms with Crippen molar-refractivity contribution in [2.45, 2.75) is 6.92 Å². The van der Waals surface area contributed by atoms with Crippen LogP contribution >= 0.6 is 0 Å². The first-order valence-corrected chi connectivity index (χ1v) is 7.41. The summed E-state index contributed by atoms with van der Waals surface area (Å²) in [5, 5.41) is 7.05. The topological polar surface area (TPSA) is 56.1 Å². The number of ether oxygens (including phenoxy) is 1. The summed E-state index contributed by atoms with van der Waals surface area (Å²) in [5.41, 5.74) is 2.17. The molecule has 3 rings (SSSR count). The van der Waals surface area contributed by atoms with Crippen LogP contribution in [-0.2, 0) is 0 Å². The molecule has 3 aromatic rings. The highest BCUT2D eigenvalue weighted by Crippen LogP contribution is 2.20. The van der Waals surface area contributed by atoms with Crippen LogP contribution in [-0.4, -0.2) is 22.3 Å². The Morgan fingerprint density at radius 3 is 2.61 bits per heavy atom. The smallest absolute Gasteiger partial charge is 0.259 e. The van der Waals surface area contributed by atoms with E-state index in [2.05, 4.69) is 10.4 Å². The summed E-state index contributed by atoms with van der Waals surface area (Å²) in [6.45, 7) is 2.41. The summed E-state index contributed by atoms with van der Waals surface area (Å²) in [6, 6.07) is 16.6. The molecule has 1 aromatic heterocycles. The van der Waals surface area contributed by atoms with E-state index in [4.69, 9.17) is 4.74 Å². The monoisotopic (exact) mass is 307 g/mol. The van der Waals surface area contributed by atoms with Crippen LogP contribution in [0.5, 0.6) is 5.75 Å². The van der Waals surface area contributed by atoms with Crippen molar-refractivity contribution < 1.29 is 9.53 Å². The number of carbonyl (C=O) groups is 1. The van der Waals surface area contributed by atoms with Crippen molar-refractivity contribution in [3.63, 3.8) is 0 Å². The van der Waals surface area contributed by atoms with E-state index in [1.165, 1.54) is 0 Å². The zero-order chi connectivity index (χ0) is 16.1. The highest BCUT2D eigenvalue weighted by Gasteiger charge is 2.12. The number of nitrogens with one attached hydrogen (secondary N) is 1. The molecule has 0 aliphatic rings. The SMILES string of the molecule is CCOc1ccccc1C(=O)Nc1ccc(-n2cccn2)cc1. The highest BCUT2D eigenvalue weighted by atomic mass is 16.5. The molecule has 1 heterocycles. The maximum atomic E-state index is 12.4. The molecule has 0 spiro atoms. The van der Waals surface area contributed by atoms with Gasteiger partial charge in [0.1, 0.15) is 5.75 Å². The van der Waals surface area contributed by atoms with Crippen LogP contribution in [0.15, 0.2) is 67.0 Å². The Morgan fingerprint density at radius 2 is 1.91 bits per heavy atom. The number of amides is 1. The van der Waals surface area contributed by atoms with Gasteiger partial charge in [-0.05, 0) is 49.4 Å². The number of nitrogens with zero attached hydrogens (tertiary/aromatic N) is 2. The number of hydrogen-bond acceptors (Lipinski definition) is 3. The lowest BCUT2D eigenvalue weighted by Crippen LogP contribution is -2.13. The molecule has 0 saturated heterocycles. The first-order chi connectivity index (χ1) is 11.3. The summed E-state index contributed by atoms with van der Waals surface area (Å²) in [4.78, 5) is 12.4. The van der Waals surface area contributed by atoms with E-state index in [-0.39, 0.29) is 5.91 Å². The molecule has 0 aliphatic carbocycles. The molecule has 2 aromatic carbocycles. The van der Waals surface area contributed by atoms with Gasteiger partial charge in [-0.2, -0.15) is 5.10 Å². The third-order valence-electron chi connectivity index (χ3n) is 3.33. The van der Waals surface area contributed by atoms with Gasteiger partial charge in [0.15, 0.2) is 0 Å². The summed E-state index contributed by atoms with van der Waals surface area (Å²) in [6.07, 6.45) is 3.59. The van der Waals surface area contributed by atoms with Crippen molar-refractivity contribution >= 4 is 11.6 Å². The second-order valence-corrected chi connectivity index (χ2v) is 4.88. The molecule has 0 fully saturated rings. The van der Waals surface area contributed by atoms with Crippen molar-refractivity contribution in [3.05, 3.63) is 72.6 Å².